The zero-order valence-electron chi connectivity index (χ0n) is 14.2. The number of hydrogen-bond acceptors (Lipinski definition) is 4. The highest BCUT2D eigenvalue weighted by Gasteiger charge is 2.16. The molecule has 124 valence electrons. The zero-order valence-corrected chi connectivity index (χ0v) is 14.2. The third-order valence-corrected chi connectivity index (χ3v) is 2.82. The van der Waals surface area contributed by atoms with Crippen LogP contribution in [0.3, 0.4) is 0 Å². The fourth-order valence-electron chi connectivity index (χ4n) is 1.76. The molecule has 0 radical (unpaired) electrons. The van der Waals surface area contributed by atoms with Gasteiger partial charge in [0.2, 0.25) is 0 Å². The highest BCUT2D eigenvalue weighted by Crippen LogP contribution is 2.28. The molecule has 0 unspecified atom stereocenters. The van der Waals surface area contributed by atoms with Crippen molar-refractivity contribution in [2.45, 2.75) is 52.7 Å². The molecule has 0 fully saturated rings. The van der Waals surface area contributed by atoms with Crippen LogP contribution in [-0.4, -0.2) is 25.4 Å². The molecule has 1 rings (SSSR count). The summed E-state index contributed by atoms with van der Waals surface area (Å²) >= 11 is 0. The van der Waals surface area contributed by atoms with Crippen LogP contribution in [0.25, 0.3) is 0 Å². The molecule has 0 atom stereocenters. The number of benzene rings is 1. The Bertz CT molecular complexity index is 480. The number of hydrogen-bond donors (Lipinski definition) is 1. The van der Waals surface area contributed by atoms with Gasteiger partial charge in [-0.25, -0.2) is 4.79 Å². The Morgan fingerprint density at radius 1 is 1.23 bits per heavy atom. The van der Waals surface area contributed by atoms with Crippen LogP contribution in [0.1, 0.15) is 46.1 Å². The molecular weight excluding hydrogens is 282 g/mol. The minimum absolute atomic E-state index is 0.376. The highest BCUT2D eigenvalue weighted by molar-refractivity contribution is 5.67. The Morgan fingerprint density at radius 3 is 2.55 bits per heavy atom. The summed E-state index contributed by atoms with van der Waals surface area (Å²) < 4.78 is 16.2. The smallest absolute Gasteiger partial charge is 0.407 e. The first-order valence-corrected chi connectivity index (χ1v) is 7.62. The molecule has 0 saturated heterocycles. The van der Waals surface area contributed by atoms with Gasteiger partial charge in [0.25, 0.3) is 0 Å². The number of nitrogens with one attached hydrogen (secondary N) is 1. The van der Waals surface area contributed by atoms with Crippen molar-refractivity contribution in [3.05, 3.63) is 23.8 Å². The molecule has 0 heterocycles. The third kappa shape index (κ3) is 6.70. The second-order valence-corrected chi connectivity index (χ2v) is 6.04. The van der Waals surface area contributed by atoms with Crippen molar-refractivity contribution >= 4 is 6.09 Å². The van der Waals surface area contributed by atoms with E-state index in [9.17, 15) is 4.79 Å². The largest absolute Gasteiger partial charge is 0.493 e. The molecule has 0 aromatic heterocycles. The SMILES string of the molecule is CCCCOc1ccc(CNC(=O)OC(C)(C)C)cc1OC. The maximum Gasteiger partial charge on any atom is 0.407 e. The van der Waals surface area contributed by atoms with Gasteiger partial charge in [0.05, 0.1) is 13.7 Å². The molecule has 0 saturated carbocycles. The lowest BCUT2D eigenvalue weighted by Gasteiger charge is -2.19. The van der Waals surface area contributed by atoms with E-state index in [0.717, 1.165) is 24.2 Å². The van der Waals surface area contributed by atoms with Gasteiger partial charge in [-0.3, -0.25) is 0 Å². The molecule has 1 aromatic rings. The summed E-state index contributed by atoms with van der Waals surface area (Å²) in [5.41, 5.74) is 0.421. The van der Waals surface area contributed by atoms with Crippen LogP contribution in [0.15, 0.2) is 18.2 Å². The standard InChI is InChI=1S/C17H27NO4/c1-6-7-10-21-14-9-8-13(11-15(14)20-5)12-18-16(19)22-17(2,3)4/h8-9,11H,6-7,10,12H2,1-5H3,(H,18,19). The van der Waals surface area contributed by atoms with Gasteiger partial charge >= 0.3 is 6.09 Å². The van der Waals surface area contributed by atoms with Crippen LogP contribution in [0, 0.1) is 0 Å². The fraction of sp³-hybridized carbons (Fsp3) is 0.588. The van der Waals surface area contributed by atoms with Gasteiger partial charge in [0.1, 0.15) is 5.60 Å². The van der Waals surface area contributed by atoms with Gasteiger partial charge in [-0.1, -0.05) is 19.4 Å². The van der Waals surface area contributed by atoms with Crippen LogP contribution in [0.2, 0.25) is 0 Å². The Morgan fingerprint density at radius 2 is 1.95 bits per heavy atom. The van der Waals surface area contributed by atoms with E-state index in [1.807, 2.05) is 39.0 Å². The summed E-state index contributed by atoms with van der Waals surface area (Å²) in [6, 6.07) is 5.63. The van der Waals surface area contributed by atoms with Gasteiger partial charge in [0.15, 0.2) is 11.5 Å². The number of ether oxygens (including phenoxy) is 3. The summed E-state index contributed by atoms with van der Waals surface area (Å²) in [6.07, 6.45) is 1.65. The van der Waals surface area contributed by atoms with Gasteiger partial charge in [-0.2, -0.15) is 0 Å². The first kappa shape index (κ1) is 18.1. The van der Waals surface area contributed by atoms with E-state index < -0.39 is 11.7 Å². The Balaban J connectivity index is 2.59. The number of methoxy groups -OCH3 is 1. The molecule has 1 aromatic carbocycles. The highest BCUT2D eigenvalue weighted by atomic mass is 16.6. The quantitative estimate of drug-likeness (QED) is 0.776. The monoisotopic (exact) mass is 309 g/mol. The van der Waals surface area contributed by atoms with Gasteiger partial charge in [0, 0.05) is 6.54 Å². The Labute approximate surface area is 132 Å². The van der Waals surface area contributed by atoms with Gasteiger partial charge in [-0.15, -0.1) is 0 Å². The molecular formula is C17H27NO4. The average molecular weight is 309 g/mol. The van der Waals surface area contributed by atoms with Crippen LogP contribution in [0.4, 0.5) is 4.79 Å². The molecule has 1 N–H and O–H groups in total. The summed E-state index contributed by atoms with van der Waals surface area (Å²) in [7, 11) is 1.60. The normalized spacial score (nSPS) is 11.0. The lowest BCUT2D eigenvalue weighted by atomic mass is 10.2. The van der Waals surface area contributed by atoms with Crippen LogP contribution < -0.4 is 14.8 Å². The van der Waals surface area contributed by atoms with Crippen molar-refractivity contribution in [1.82, 2.24) is 5.32 Å². The van der Waals surface area contributed by atoms with E-state index in [-0.39, 0.29) is 0 Å². The van der Waals surface area contributed by atoms with E-state index in [0.29, 0.717) is 18.9 Å². The maximum atomic E-state index is 11.6. The third-order valence-electron chi connectivity index (χ3n) is 2.82. The van der Waals surface area contributed by atoms with E-state index in [2.05, 4.69) is 12.2 Å². The molecule has 0 bridgehead atoms. The lowest BCUT2D eigenvalue weighted by Crippen LogP contribution is -2.32. The maximum absolute atomic E-state index is 11.6. The van der Waals surface area contributed by atoms with Gasteiger partial charge < -0.3 is 19.5 Å². The average Bonchev–Trinajstić information content (AvgIpc) is 2.44. The molecule has 5 heteroatoms. The summed E-state index contributed by atoms with van der Waals surface area (Å²) in [6.45, 7) is 8.66. The number of amides is 1. The van der Waals surface area contributed by atoms with Crippen molar-refractivity contribution in [2.24, 2.45) is 0 Å². The number of rotatable bonds is 7. The second-order valence-electron chi connectivity index (χ2n) is 6.04. The topological polar surface area (TPSA) is 56.8 Å². The van der Waals surface area contributed by atoms with Crippen molar-refractivity contribution in [2.75, 3.05) is 13.7 Å². The Kier molecular flexibility index (Phi) is 7.02. The molecule has 5 nitrogen and oxygen atoms in total. The number of carbonyl (C=O) groups excluding carboxylic acids is 1. The second kappa shape index (κ2) is 8.51. The number of carbonyl (C=O) groups is 1. The minimum atomic E-state index is -0.501. The molecule has 0 spiro atoms. The zero-order chi connectivity index (χ0) is 16.6. The fourth-order valence-corrected chi connectivity index (χ4v) is 1.76. The van der Waals surface area contributed by atoms with E-state index >= 15 is 0 Å². The number of unbranched alkanes of at least 4 members (excludes halogenated alkanes) is 1. The van der Waals surface area contributed by atoms with Crippen molar-refractivity contribution in [3.63, 3.8) is 0 Å². The predicted molar refractivity (Wildman–Crippen MR) is 86.5 cm³/mol. The first-order valence-electron chi connectivity index (χ1n) is 7.62. The molecule has 0 aliphatic rings. The Hall–Kier alpha value is -1.91. The molecule has 0 aliphatic carbocycles. The van der Waals surface area contributed by atoms with Crippen molar-refractivity contribution < 1.29 is 19.0 Å². The first-order chi connectivity index (χ1) is 10.4. The molecule has 0 aliphatic heterocycles. The van der Waals surface area contributed by atoms with E-state index in [1.165, 1.54) is 0 Å². The summed E-state index contributed by atoms with van der Waals surface area (Å²) in [4.78, 5) is 11.6. The van der Waals surface area contributed by atoms with Crippen LogP contribution in [0.5, 0.6) is 11.5 Å². The number of alkyl carbamates (subject to hydrolysis) is 1. The molecule has 1 amide bonds. The summed E-state index contributed by atoms with van der Waals surface area (Å²) in [5, 5.41) is 2.72. The lowest BCUT2D eigenvalue weighted by molar-refractivity contribution is 0.0523. The predicted octanol–water partition coefficient (Wildman–Crippen LogP) is 3.90. The minimum Gasteiger partial charge on any atom is -0.493 e. The van der Waals surface area contributed by atoms with Crippen LogP contribution >= 0.6 is 0 Å². The van der Waals surface area contributed by atoms with Crippen LogP contribution in [-0.2, 0) is 11.3 Å². The van der Waals surface area contributed by atoms with Gasteiger partial charge in [-0.05, 0) is 44.9 Å². The summed E-state index contributed by atoms with van der Waals surface area (Å²) in [5.74, 6) is 1.39. The van der Waals surface area contributed by atoms with E-state index in [1.54, 1.807) is 7.11 Å². The van der Waals surface area contributed by atoms with Crippen molar-refractivity contribution in [3.8, 4) is 11.5 Å². The van der Waals surface area contributed by atoms with Crippen molar-refractivity contribution in [1.29, 1.82) is 0 Å². The molecule has 22 heavy (non-hydrogen) atoms. The van der Waals surface area contributed by atoms with E-state index in [4.69, 9.17) is 14.2 Å².